The number of aromatic nitrogens is 4. The summed E-state index contributed by atoms with van der Waals surface area (Å²) in [6, 6.07) is 8.27. The molecule has 2 aliphatic heterocycles. The number of aromatic amines is 1. The summed E-state index contributed by atoms with van der Waals surface area (Å²) in [5.41, 5.74) is 2.08. The van der Waals surface area contributed by atoms with Gasteiger partial charge in [0.25, 0.3) is 0 Å². The number of piperazine rings is 1. The number of rotatable bonds is 3. The second-order valence-corrected chi connectivity index (χ2v) is 7.42. The Balaban J connectivity index is 1.44. The third-order valence-electron chi connectivity index (χ3n) is 5.53. The predicted octanol–water partition coefficient (Wildman–Crippen LogP) is 2.59. The zero-order chi connectivity index (χ0) is 18.2. The maximum absolute atomic E-state index is 5.00. The highest BCUT2D eigenvalue weighted by molar-refractivity contribution is 5.89. The van der Waals surface area contributed by atoms with Crippen LogP contribution in [0.1, 0.15) is 18.5 Å². The molecule has 7 heteroatoms. The van der Waals surface area contributed by atoms with Gasteiger partial charge in [0, 0.05) is 51.2 Å². The Labute approximate surface area is 159 Å². The van der Waals surface area contributed by atoms with Crippen molar-refractivity contribution in [1.29, 1.82) is 0 Å². The molecule has 5 heterocycles. The molecule has 2 saturated heterocycles. The first-order valence-corrected chi connectivity index (χ1v) is 9.81. The summed E-state index contributed by atoms with van der Waals surface area (Å²) < 4.78 is 0. The van der Waals surface area contributed by atoms with Crippen LogP contribution in [0.3, 0.4) is 0 Å². The molecular weight excluding hydrogens is 338 g/mol. The second kappa shape index (κ2) is 6.72. The van der Waals surface area contributed by atoms with Gasteiger partial charge in [-0.15, -0.1) is 0 Å². The maximum Gasteiger partial charge on any atom is 0.229 e. The van der Waals surface area contributed by atoms with E-state index in [4.69, 9.17) is 9.97 Å². The smallest absolute Gasteiger partial charge is 0.229 e. The van der Waals surface area contributed by atoms with Gasteiger partial charge in [0.2, 0.25) is 5.95 Å². The Hall–Kier alpha value is -2.83. The van der Waals surface area contributed by atoms with Gasteiger partial charge in [-0.2, -0.15) is 9.97 Å². The van der Waals surface area contributed by atoms with Crippen LogP contribution in [0.15, 0.2) is 30.5 Å². The molecule has 0 bridgehead atoms. The van der Waals surface area contributed by atoms with E-state index in [-0.39, 0.29) is 0 Å². The number of aryl methyl sites for hydroxylation is 1. The lowest BCUT2D eigenvalue weighted by molar-refractivity contribution is 0.642. The first-order chi connectivity index (χ1) is 13.3. The average Bonchev–Trinajstić information content (AvgIpc) is 3.37. The minimum Gasteiger partial charge on any atom is -0.353 e. The van der Waals surface area contributed by atoms with Crippen LogP contribution in [0.25, 0.3) is 11.0 Å². The van der Waals surface area contributed by atoms with Crippen LogP contribution >= 0.6 is 0 Å². The molecule has 3 aromatic heterocycles. The van der Waals surface area contributed by atoms with Crippen molar-refractivity contribution in [1.82, 2.24) is 19.9 Å². The maximum atomic E-state index is 5.00. The predicted molar refractivity (Wildman–Crippen MR) is 109 cm³/mol. The van der Waals surface area contributed by atoms with Crippen LogP contribution in [0.4, 0.5) is 17.6 Å². The summed E-state index contributed by atoms with van der Waals surface area (Å²) >= 11 is 0. The highest BCUT2D eigenvalue weighted by atomic mass is 15.3. The van der Waals surface area contributed by atoms with E-state index < -0.39 is 0 Å². The Bertz CT molecular complexity index is 922. The molecule has 0 unspecified atom stereocenters. The number of nitrogens with zero attached hydrogens (tertiary/aromatic N) is 6. The minimum atomic E-state index is 0.865. The molecule has 2 fully saturated rings. The van der Waals surface area contributed by atoms with Gasteiger partial charge < -0.3 is 19.7 Å². The van der Waals surface area contributed by atoms with Gasteiger partial charge in [-0.05, 0) is 38.0 Å². The third-order valence-corrected chi connectivity index (χ3v) is 5.53. The largest absolute Gasteiger partial charge is 0.353 e. The number of hydrogen-bond acceptors (Lipinski definition) is 6. The quantitative estimate of drug-likeness (QED) is 0.772. The van der Waals surface area contributed by atoms with Gasteiger partial charge in [-0.25, -0.2) is 4.98 Å². The first kappa shape index (κ1) is 16.4. The van der Waals surface area contributed by atoms with E-state index >= 15 is 0 Å². The number of anilines is 3. The van der Waals surface area contributed by atoms with Gasteiger partial charge in [-0.3, -0.25) is 0 Å². The van der Waals surface area contributed by atoms with Crippen molar-refractivity contribution in [3.05, 3.63) is 36.2 Å². The Morgan fingerprint density at radius 2 is 1.67 bits per heavy atom. The van der Waals surface area contributed by atoms with Crippen molar-refractivity contribution in [2.24, 2.45) is 0 Å². The van der Waals surface area contributed by atoms with Crippen LogP contribution in [0.2, 0.25) is 0 Å². The van der Waals surface area contributed by atoms with Crippen LogP contribution in [0, 0.1) is 6.92 Å². The van der Waals surface area contributed by atoms with Gasteiger partial charge in [0.05, 0.1) is 5.39 Å². The molecule has 140 valence electrons. The van der Waals surface area contributed by atoms with Crippen molar-refractivity contribution in [3.63, 3.8) is 0 Å². The molecule has 0 saturated carbocycles. The fourth-order valence-electron chi connectivity index (χ4n) is 4.10. The molecule has 27 heavy (non-hydrogen) atoms. The molecule has 1 N–H and O–H groups in total. The summed E-state index contributed by atoms with van der Waals surface area (Å²) in [5, 5.41) is 1.13. The molecule has 0 aliphatic carbocycles. The molecular formula is C20H25N7. The highest BCUT2D eigenvalue weighted by Crippen LogP contribution is 2.29. The molecule has 0 aromatic carbocycles. The molecule has 2 aliphatic rings. The van der Waals surface area contributed by atoms with Crippen molar-refractivity contribution in [2.75, 3.05) is 54.0 Å². The summed E-state index contributed by atoms with van der Waals surface area (Å²) in [6.45, 7) is 7.96. The van der Waals surface area contributed by atoms with E-state index in [1.54, 1.807) is 0 Å². The number of H-pyrrole nitrogens is 1. The standard InChI is InChI=1S/C20H25N7/c1-15-14-16-18(22-15)23-20(27-8-4-5-9-27)24-19(16)26-12-10-25(11-13-26)17-6-2-3-7-21-17/h2-3,6-7,14H,4-5,8-13H2,1H3,(H,22,23,24). The van der Waals surface area contributed by atoms with Crippen molar-refractivity contribution >= 4 is 28.6 Å². The molecule has 7 nitrogen and oxygen atoms in total. The third kappa shape index (κ3) is 3.07. The lowest BCUT2D eigenvalue weighted by Gasteiger charge is -2.36. The zero-order valence-corrected chi connectivity index (χ0v) is 15.7. The Kier molecular flexibility index (Phi) is 4.07. The van der Waals surface area contributed by atoms with Crippen molar-refractivity contribution in [2.45, 2.75) is 19.8 Å². The van der Waals surface area contributed by atoms with Crippen LogP contribution in [0.5, 0.6) is 0 Å². The summed E-state index contributed by atoms with van der Waals surface area (Å²) in [6.07, 6.45) is 4.31. The Morgan fingerprint density at radius 1 is 0.889 bits per heavy atom. The average molecular weight is 363 g/mol. The number of pyridine rings is 1. The molecule has 0 atom stereocenters. The fourth-order valence-corrected chi connectivity index (χ4v) is 4.10. The summed E-state index contributed by atoms with van der Waals surface area (Å²) in [5.74, 6) is 2.98. The van der Waals surface area contributed by atoms with Gasteiger partial charge in [-0.1, -0.05) is 6.07 Å². The van der Waals surface area contributed by atoms with Crippen LogP contribution in [-0.2, 0) is 0 Å². The van der Waals surface area contributed by atoms with Gasteiger partial charge in [0.15, 0.2) is 0 Å². The van der Waals surface area contributed by atoms with E-state index in [1.165, 1.54) is 12.8 Å². The molecule has 0 spiro atoms. The Morgan fingerprint density at radius 3 is 2.41 bits per heavy atom. The van der Waals surface area contributed by atoms with E-state index in [9.17, 15) is 0 Å². The van der Waals surface area contributed by atoms with Gasteiger partial charge >= 0.3 is 0 Å². The van der Waals surface area contributed by atoms with E-state index in [0.717, 1.165) is 73.6 Å². The SMILES string of the molecule is Cc1cc2c(N3CCN(c4ccccn4)CC3)nc(N3CCCC3)nc2[nH]1. The van der Waals surface area contributed by atoms with E-state index in [1.807, 2.05) is 18.3 Å². The molecule has 5 rings (SSSR count). The van der Waals surface area contributed by atoms with Crippen molar-refractivity contribution in [3.8, 4) is 0 Å². The van der Waals surface area contributed by atoms with Crippen molar-refractivity contribution < 1.29 is 0 Å². The minimum absolute atomic E-state index is 0.865. The van der Waals surface area contributed by atoms with E-state index in [2.05, 4.69) is 43.7 Å². The lowest BCUT2D eigenvalue weighted by Crippen LogP contribution is -2.47. The van der Waals surface area contributed by atoms with Gasteiger partial charge in [0.1, 0.15) is 17.3 Å². The summed E-state index contributed by atoms with van der Waals surface area (Å²) in [4.78, 5) is 24.8. The summed E-state index contributed by atoms with van der Waals surface area (Å²) in [7, 11) is 0. The number of hydrogen-bond donors (Lipinski definition) is 1. The lowest BCUT2D eigenvalue weighted by atomic mass is 10.2. The van der Waals surface area contributed by atoms with Crippen LogP contribution in [-0.4, -0.2) is 59.2 Å². The second-order valence-electron chi connectivity index (χ2n) is 7.42. The molecule has 3 aromatic rings. The highest BCUT2D eigenvalue weighted by Gasteiger charge is 2.24. The van der Waals surface area contributed by atoms with Crippen LogP contribution < -0.4 is 14.7 Å². The molecule has 0 radical (unpaired) electrons. The monoisotopic (exact) mass is 363 g/mol. The zero-order valence-electron chi connectivity index (χ0n) is 15.7. The number of nitrogens with one attached hydrogen (secondary N) is 1. The first-order valence-electron chi connectivity index (χ1n) is 9.81. The normalized spacial score (nSPS) is 17.9. The number of fused-ring (bicyclic) bond motifs is 1. The topological polar surface area (TPSA) is 64.2 Å². The molecule has 0 amide bonds. The fraction of sp³-hybridized carbons (Fsp3) is 0.450. The van der Waals surface area contributed by atoms with E-state index in [0.29, 0.717) is 0 Å².